The summed E-state index contributed by atoms with van der Waals surface area (Å²) in [5, 5.41) is 2.89. The SMILES string of the molecule is CC(C)CC1NC(=O)C(C)N(C2CCC(C)CC2)C1=O. The van der Waals surface area contributed by atoms with Crippen LogP contribution in [0.2, 0.25) is 0 Å². The molecule has 4 heteroatoms. The van der Waals surface area contributed by atoms with Gasteiger partial charge >= 0.3 is 0 Å². The van der Waals surface area contributed by atoms with Gasteiger partial charge in [-0.25, -0.2) is 0 Å². The van der Waals surface area contributed by atoms with Crippen LogP contribution in [0.15, 0.2) is 0 Å². The summed E-state index contributed by atoms with van der Waals surface area (Å²) in [5.41, 5.74) is 0. The summed E-state index contributed by atoms with van der Waals surface area (Å²) in [6, 6.07) is -0.378. The standard InChI is InChI=1S/C16H28N2O2/c1-10(2)9-14-16(20)18(12(4)15(19)17-14)13-7-5-11(3)6-8-13/h10-14H,5-9H2,1-4H3,(H,17,19). The molecule has 4 nitrogen and oxygen atoms in total. The third kappa shape index (κ3) is 3.15. The van der Waals surface area contributed by atoms with Crippen molar-refractivity contribution in [1.29, 1.82) is 0 Å². The van der Waals surface area contributed by atoms with E-state index in [1.54, 1.807) is 0 Å². The monoisotopic (exact) mass is 280 g/mol. The molecule has 114 valence electrons. The Balaban J connectivity index is 2.11. The van der Waals surface area contributed by atoms with Crippen molar-refractivity contribution in [2.75, 3.05) is 0 Å². The van der Waals surface area contributed by atoms with Gasteiger partial charge in [0.05, 0.1) is 0 Å². The Kier molecular flexibility index (Phi) is 4.71. The van der Waals surface area contributed by atoms with E-state index in [1.807, 2.05) is 11.8 Å². The maximum absolute atomic E-state index is 12.7. The molecule has 20 heavy (non-hydrogen) atoms. The molecule has 2 unspecified atom stereocenters. The summed E-state index contributed by atoms with van der Waals surface area (Å²) in [6.07, 6.45) is 5.14. The molecule has 1 N–H and O–H groups in total. The number of nitrogens with zero attached hydrogens (tertiary/aromatic N) is 1. The van der Waals surface area contributed by atoms with E-state index in [-0.39, 0.29) is 29.9 Å². The van der Waals surface area contributed by atoms with Crippen LogP contribution < -0.4 is 5.32 Å². The molecule has 1 saturated heterocycles. The van der Waals surface area contributed by atoms with Gasteiger partial charge in [-0.3, -0.25) is 9.59 Å². The molecule has 2 amide bonds. The van der Waals surface area contributed by atoms with Crippen molar-refractivity contribution in [3.05, 3.63) is 0 Å². The first-order valence-electron chi connectivity index (χ1n) is 8.02. The molecular formula is C16H28N2O2. The number of carbonyl (C=O) groups excluding carboxylic acids is 2. The predicted molar refractivity (Wildman–Crippen MR) is 79.1 cm³/mol. The fourth-order valence-corrected chi connectivity index (χ4v) is 3.50. The van der Waals surface area contributed by atoms with E-state index in [0.29, 0.717) is 5.92 Å². The summed E-state index contributed by atoms with van der Waals surface area (Å²) in [4.78, 5) is 26.7. The molecule has 2 atom stereocenters. The summed E-state index contributed by atoms with van der Waals surface area (Å²) >= 11 is 0. The highest BCUT2D eigenvalue weighted by molar-refractivity contribution is 5.96. The molecule has 0 spiro atoms. The van der Waals surface area contributed by atoms with Gasteiger partial charge in [0.15, 0.2) is 0 Å². The zero-order chi connectivity index (χ0) is 14.9. The predicted octanol–water partition coefficient (Wildman–Crippen LogP) is 2.33. The molecule has 1 aliphatic carbocycles. The lowest BCUT2D eigenvalue weighted by molar-refractivity contribution is -0.152. The molecule has 1 aliphatic heterocycles. The topological polar surface area (TPSA) is 49.4 Å². The average molecular weight is 280 g/mol. The van der Waals surface area contributed by atoms with Gasteiger partial charge in [-0.1, -0.05) is 20.8 Å². The van der Waals surface area contributed by atoms with Crippen molar-refractivity contribution in [2.45, 2.75) is 77.9 Å². The number of hydrogen-bond acceptors (Lipinski definition) is 2. The molecule has 1 heterocycles. The van der Waals surface area contributed by atoms with Gasteiger partial charge < -0.3 is 10.2 Å². The molecule has 2 fully saturated rings. The minimum Gasteiger partial charge on any atom is -0.343 e. The lowest BCUT2D eigenvalue weighted by atomic mass is 9.85. The second-order valence-electron chi connectivity index (χ2n) is 7.03. The first-order chi connectivity index (χ1) is 9.40. The van der Waals surface area contributed by atoms with Crippen LogP contribution in [0.25, 0.3) is 0 Å². The Morgan fingerprint density at radius 1 is 1.15 bits per heavy atom. The lowest BCUT2D eigenvalue weighted by Gasteiger charge is -2.44. The summed E-state index contributed by atoms with van der Waals surface area (Å²) in [5.74, 6) is 1.30. The molecule has 2 aliphatic rings. The minimum atomic E-state index is -0.321. The van der Waals surface area contributed by atoms with Gasteiger partial charge in [0.1, 0.15) is 12.1 Å². The Hall–Kier alpha value is -1.06. The fraction of sp³-hybridized carbons (Fsp3) is 0.875. The second-order valence-corrected chi connectivity index (χ2v) is 7.03. The van der Waals surface area contributed by atoms with E-state index in [0.717, 1.165) is 38.0 Å². The van der Waals surface area contributed by atoms with Gasteiger partial charge in [0, 0.05) is 6.04 Å². The van der Waals surface area contributed by atoms with Crippen LogP contribution in [0.5, 0.6) is 0 Å². The zero-order valence-corrected chi connectivity index (χ0v) is 13.2. The van der Waals surface area contributed by atoms with Crippen LogP contribution in [0.3, 0.4) is 0 Å². The van der Waals surface area contributed by atoms with E-state index in [4.69, 9.17) is 0 Å². The van der Waals surface area contributed by atoms with Crippen LogP contribution >= 0.6 is 0 Å². The van der Waals surface area contributed by atoms with Crippen LogP contribution in [-0.4, -0.2) is 34.8 Å². The van der Waals surface area contributed by atoms with E-state index < -0.39 is 0 Å². The highest BCUT2D eigenvalue weighted by atomic mass is 16.2. The van der Waals surface area contributed by atoms with Crippen LogP contribution in [0.1, 0.15) is 59.8 Å². The highest BCUT2D eigenvalue weighted by Crippen LogP contribution is 2.30. The third-order valence-corrected chi connectivity index (χ3v) is 4.75. The molecule has 1 saturated carbocycles. The number of hydrogen-bond donors (Lipinski definition) is 1. The first kappa shape index (κ1) is 15.3. The summed E-state index contributed by atoms with van der Waals surface area (Å²) in [7, 11) is 0. The van der Waals surface area contributed by atoms with Gasteiger partial charge in [0.25, 0.3) is 0 Å². The smallest absolute Gasteiger partial charge is 0.246 e. The Bertz CT molecular complexity index is 373. The average Bonchev–Trinajstić information content (AvgIpc) is 2.38. The molecule has 0 aromatic heterocycles. The zero-order valence-electron chi connectivity index (χ0n) is 13.2. The van der Waals surface area contributed by atoms with Crippen molar-refractivity contribution in [1.82, 2.24) is 10.2 Å². The molecule has 0 radical (unpaired) electrons. The molecule has 0 aromatic rings. The highest BCUT2D eigenvalue weighted by Gasteiger charge is 2.42. The quantitative estimate of drug-likeness (QED) is 0.862. The van der Waals surface area contributed by atoms with Gasteiger partial charge in [0.2, 0.25) is 11.8 Å². The number of carbonyl (C=O) groups is 2. The number of nitrogens with one attached hydrogen (secondary N) is 1. The molecule has 2 rings (SSSR count). The summed E-state index contributed by atoms with van der Waals surface area (Å²) < 4.78 is 0. The van der Waals surface area contributed by atoms with Crippen molar-refractivity contribution in [3.63, 3.8) is 0 Å². The maximum Gasteiger partial charge on any atom is 0.246 e. The number of amides is 2. The number of piperazine rings is 1. The fourth-order valence-electron chi connectivity index (χ4n) is 3.50. The first-order valence-corrected chi connectivity index (χ1v) is 8.02. The van der Waals surface area contributed by atoms with E-state index in [1.165, 1.54) is 0 Å². The Morgan fingerprint density at radius 2 is 1.75 bits per heavy atom. The van der Waals surface area contributed by atoms with Crippen LogP contribution in [-0.2, 0) is 9.59 Å². The van der Waals surface area contributed by atoms with Gasteiger partial charge in [-0.2, -0.15) is 0 Å². The van der Waals surface area contributed by atoms with E-state index in [9.17, 15) is 9.59 Å². The third-order valence-electron chi connectivity index (χ3n) is 4.75. The largest absolute Gasteiger partial charge is 0.343 e. The Morgan fingerprint density at radius 3 is 2.30 bits per heavy atom. The van der Waals surface area contributed by atoms with E-state index >= 15 is 0 Å². The summed E-state index contributed by atoms with van der Waals surface area (Å²) in [6.45, 7) is 8.30. The maximum atomic E-state index is 12.7. The van der Waals surface area contributed by atoms with Gasteiger partial charge in [-0.15, -0.1) is 0 Å². The normalized spacial score (nSPS) is 35.4. The molecule has 0 aromatic carbocycles. The van der Waals surface area contributed by atoms with Crippen LogP contribution in [0, 0.1) is 11.8 Å². The van der Waals surface area contributed by atoms with Gasteiger partial charge in [-0.05, 0) is 50.9 Å². The van der Waals surface area contributed by atoms with Crippen molar-refractivity contribution in [3.8, 4) is 0 Å². The van der Waals surface area contributed by atoms with Crippen LogP contribution in [0.4, 0.5) is 0 Å². The lowest BCUT2D eigenvalue weighted by Crippen LogP contribution is -2.65. The van der Waals surface area contributed by atoms with Crippen molar-refractivity contribution >= 4 is 11.8 Å². The Labute approximate surface area is 122 Å². The van der Waals surface area contributed by atoms with Crippen molar-refractivity contribution < 1.29 is 9.59 Å². The molecule has 0 bridgehead atoms. The van der Waals surface area contributed by atoms with Crippen molar-refractivity contribution in [2.24, 2.45) is 11.8 Å². The number of rotatable bonds is 3. The van der Waals surface area contributed by atoms with E-state index in [2.05, 4.69) is 26.1 Å². The molecular weight excluding hydrogens is 252 g/mol. The second kappa shape index (κ2) is 6.15. The minimum absolute atomic E-state index is 0.00821.